The molecule has 0 aromatic rings. The predicted octanol–water partition coefficient (Wildman–Crippen LogP) is 16.2. The Kier molecular flexibility index (Phi) is 47.2. The highest BCUT2D eigenvalue weighted by molar-refractivity contribution is 7.45. The number of rotatable bonds is 53. The van der Waals surface area contributed by atoms with Crippen LogP contribution in [0.25, 0.3) is 0 Å². The number of aliphatic hydroxyl groups is 1. The molecule has 3 unspecified atom stereocenters. The standard InChI is InChI=1S/C55H113N2O6P/c1-6-8-10-12-14-16-18-20-22-24-25-26-27-28-29-30-31-33-34-36-38-40-42-44-46-48-54(58)53(52-63-64(60,61)62-51-50-57(3,4)5)56-55(59)49-47-45-43-41-39-37-35-32-23-21-19-17-15-13-11-9-7-2/h53-54,58H,6-52H2,1-5H3,(H-,56,59,60,61). The number of aliphatic hydroxyl groups excluding tert-OH is 1. The molecular weight excluding hydrogens is 816 g/mol. The fourth-order valence-corrected chi connectivity index (χ4v) is 9.59. The molecule has 0 saturated heterocycles. The Morgan fingerprint density at radius 3 is 1.06 bits per heavy atom. The third kappa shape index (κ3) is 49.4. The molecule has 0 spiro atoms. The van der Waals surface area contributed by atoms with Crippen LogP contribution in [-0.2, 0) is 18.4 Å². The maximum Gasteiger partial charge on any atom is 0.268 e. The van der Waals surface area contributed by atoms with E-state index in [1.165, 1.54) is 231 Å². The summed E-state index contributed by atoms with van der Waals surface area (Å²) in [5.74, 6) is -0.157. The predicted molar refractivity (Wildman–Crippen MR) is 275 cm³/mol. The lowest BCUT2D eigenvalue weighted by atomic mass is 10.0. The van der Waals surface area contributed by atoms with E-state index >= 15 is 0 Å². The van der Waals surface area contributed by atoms with E-state index in [4.69, 9.17) is 9.05 Å². The summed E-state index contributed by atoms with van der Waals surface area (Å²) >= 11 is 0. The van der Waals surface area contributed by atoms with Gasteiger partial charge in [0.05, 0.1) is 39.9 Å². The zero-order valence-electron chi connectivity index (χ0n) is 43.8. The van der Waals surface area contributed by atoms with Gasteiger partial charge in [0.2, 0.25) is 5.91 Å². The van der Waals surface area contributed by atoms with Gasteiger partial charge in [0.15, 0.2) is 0 Å². The number of nitrogens with zero attached hydrogens (tertiary/aromatic N) is 1. The number of unbranched alkanes of at least 4 members (excludes halogenated alkanes) is 40. The summed E-state index contributed by atoms with van der Waals surface area (Å²) in [5.41, 5.74) is 0. The first kappa shape index (κ1) is 63.5. The van der Waals surface area contributed by atoms with Crippen LogP contribution in [0.5, 0.6) is 0 Å². The van der Waals surface area contributed by atoms with Crippen LogP contribution in [-0.4, -0.2) is 68.5 Å². The number of quaternary nitrogens is 1. The first-order valence-electron chi connectivity index (χ1n) is 28.4. The molecule has 0 rings (SSSR count). The van der Waals surface area contributed by atoms with Gasteiger partial charge in [-0.1, -0.05) is 277 Å². The number of phosphoric ester groups is 1. The van der Waals surface area contributed by atoms with Crippen LogP contribution in [0.3, 0.4) is 0 Å². The molecule has 384 valence electrons. The maximum atomic E-state index is 13.0. The number of nitrogens with one attached hydrogen (secondary N) is 1. The van der Waals surface area contributed by atoms with Crippen LogP contribution >= 0.6 is 7.82 Å². The van der Waals surface area contributed by atoms with Crippen LogP contribution in [0.15, 0.2) is 0 Å². The molecule has 3 atom stereocenters. The highest BCUT2D eigenvalue weighted by atomic mass is 31.2. The lowest BCUT2D eigenvalue weighted by molar-refractivity contribution is -0.870. The second kappa shape index (κ2) is 47.6. The van der Waals surface area contributed by atoms with Crippen LogP contribution in [0, 0.1) is 0 Å². The monoisotopic (exact) mass is 929 g/mol. The van der Waals surface area contributed by atoms with Gasteiger partial charge in [0.1, 0.15) is 13.2 Å². The molecule has 0 saturated carbocycles. The number of phosphoric acid groups is 1. The van der Waals surface area contributed by atoms with E-state index in [1.54, 1.807) is 0 Å². The van der Waals surface area contributed by atoms with Gasteiger partial charge in [-0.3, -0.25) is 9.36 Å². The summed E-state index contributed by atoms with van der Waals surface area (Å²) in [7, 11) is 1.32. The van der Waals surface area contributed by atoms with Crippen molar-refractivity contribution in [3.63, 3.8) is 0 Å². The normalized spacial score (nSPS) is 13.9. The molecule has 2 N–H and O–H groups in total. The zero-order valence-corrected chi connectivity index (χ0v) is 44.7. The topological polar surface area (TPSA) is 108 Å². The third-order valence-corrected chi connectivity index (χ3v) is 14.3. The number of likely N-dealkylation sites (N-methyl/N-ethyl adjacent to an activating group) is 1. The lowest BCUT2D eigenvalue weighted by Crippen LogP contribution is -2.46. The van der Waals surface area contributed by atoms with Crippen molar-refractivity contribution in [3.05, 3.63) is 0 Å². The van der Waals surface area contributed by atoms with Gasteiger partial charge in [-0.05, 0) is 12.8 Å². The Balaban J connectivity index is 4.12. The van der Waals surface area contributed by atoms with Crippen molar-refractivity contribution in [3.8, 4) is 0 Å². The summed E-state index contributed by atoms with van der Waals surface area (Å²) in [5, 5.41) is 14.0. The number of hydrogen-bond acceptors (Lipinski definition) is 6. The largest absolute Gasteiger partial charge is 0.756 e. The number of carbonyl (C=O) groups excluding carboxylic acids is 1. The van der Waals surface area contributed by atoms with Crippen molar-refractivity contribution in [2.45, 2.75) is 309 Å². The highest BCUT2D eigenvalue weighted by Crippen LogP contribution is 2.38. The quantitative estimate of drug-likeness (QED) is 0.0357. The van der Waals surface area contributed by atoms with Crippen molar-refractivity contribution in [1.29, 1.82) is 0 Å². The Hall–Kier alpha value is -0.500. The van der Waals surface area contributed by atoms with Gasteiger partial charge >= 0.3 is 0 Å². The molecule has 0 aromatic carbocycles. The molecule has 0 bridgehead atoms. The van der Waals surface area contributed by atoms with Gasteiger partial charge in [-0.15, -0.1) is 0 Å². The smallest absolute Gasteiger partial charge is 0.268 e. The first-order valence-corrected chi connectivity index (χ1v) is 29.8. The Labute approximate surface area is 399 Å². The van der Waals surface area contributed by atoms with Gasteiger partial charge in [-0.25, -0.2) is 0 Å². The van der Waals surface area contributed by atoms with Gasteiger partial charge < -0.3 is 28.8 Å². The van der Waals surface area contributed by atoms with E-state index in [1.807, 2.05) is 21.1 Å². The molecule has 64 heavy (non-hydrogen) atoms. The van der Waals surface area contributed by atoms with Crippen LogP contribution in [0.4, 0.5) is 0 Å². The van der Waals surface area contributed by atoms with Crippen LogP contribution in [0.2, 0.25) is 0 Å². The summed E-state index contributed by atoms with van der Waals surface area (Å²) < 4.78 is 23.4. The van der Waals surface area contributed by atoms with E-state index < -0.39 is 20.0 Å². The third-order valence-electron chi connectivity index (χ3n) is 13.3. The Morgan fingerprint density at radius 1 is 0.484 bits per heavy atom. The van der Waals surface area contributed by atoms with Gasteiger partial charge in [-0.2, -0.15) is 0 Å². The minimum Gasteiger partial charge on any atom is -0.756 e. The Morgan fingerprint density at radius 2 is 0.766 bits per heavy atom. The fraction of sp³-hybridized carbons (Fsp3) is 0.982. The molecule has 8 nitrogen and oxygen atoms in total. The summed E-state index contributed by atoms with van der Waals surface area (Å²) in [6.45, 7) is 4.77. The van der Waals surface area contributed by atoms with E-state index in [-0.39, 0.29) is 19.1 Å². The molecule has 0 aliphatic heterocycles. The first-order chi connectivity index (χ1) is 31.0. The zero-order chi connectivity index (χ0) is 47.1. The van der Waals surface area contributed by atoms with Crippen LogP contribution < -0.4 is 10.2 Å². The van der Waals surface area contributed by atoms with E-state index in [9.17, 15) is 19.4 Å². The van der Waals surface area contributed by atoms with Crippen molar-refractivity contribution in [2.75, 3.05) is 40.9 Å². The SMILES string of the molecule is CCCCCCCCCCCCCCCCCCCCCCCCCCCC(O)C(COP(=O)([O-])OCC[N+](C)(C)C)NC(=O)CCCCCCCCCCCCCCCCCCC. The minimum atomic E-state index is -4.57. The van der Waals surface area contributed by atoms with E-state index in [0.717, 1.165) is 38.5 Å². The molecule has 0 aliphatic carbocycles. The van der Waals surface area contributed by atoms with Gasteiger partial charge in [0, 0.05) is 6.42 Å². The van der Waals surface area contributed by atoms with E-state index in [2.05, 4.69) is 19.2 Å². The fourth-order valence-electron chi connectivity index (χ4n) is 8.87. The summed E-state index contributed by atoms with van der Waals surface area (Å²) in [4.78, 5) is 25.5. The molecular formula is C55H113N2O6P. The average molecular weight is 929 g/mol. The number of amides is 1. The van der Waals surface area contributed by atoms with Crippen molar-refractivity contribution in [2.24, 2.45) is 0 Å². The van der Waals surface area contributed by atoms with Crippen molar-refractivity contribution >= 4 is 13.7 Å². The molecule has 0 aliphatic rings. The molecule has 9 heteroatoms. The van der Waals surface area contributed by atoms with Crippen molar-refractivity contribution < 1.29 is 32.9 Å². The lowest BCUT2D eigenvalue weighted by Gasteiger charge is -2.30. The van der Waals surface area contributed by atoms with Gasteiger partial charge in [0.25, 0.3) is 7.82 Å². The minimum absolute atomic E-state index is 0.0166. The Bertz CT molecular complexity index is 1010. The highest BCUT2D eigenvalue weighted by Gasteiger charge is 2.24. The van der Waals surface area contributed by atoms with Crippen LogP contribution in [0.1, 0.15) is 296 Å². The molecule has 0 aromatic heterocycles. The second-order valence-corrected chi connectivity index (χ2v) is 22.4. The van der Waals surface area contributed by atoms with E-state index in [0.29, 0.717) is 23.9 Å². The molecule has 0 fully saturated rings. The summed E-state index contributed by atoms with van der Waals surface area (Å²) in [6, 6.07) is -0.795. The van der Waals surface area contributed by atoms with Crippen molar-refractivity contribution in [1.82, 2.24) is 5.32 Å². The molecule has 0 heterocycles. The second-order valence-electron chi connectivity index (χ2n) is 21.0. The summed E-state index contributed by atoms with van der Waals surface area (Å²) in [6.07, 6.45) is 55.6. The number of carbonyl (C=O) groups is 1. The maximum absolute atomic E-state index is 13.0. The molecule has 1 amide bonds. The number of hydrogen-bond donors (Lipinski definition) is 2. The average Bonchev–Trinajstić information content (AvgIpc) is 3.25. The molecule has 0 radical (unpaired) electrons.